The van der Waals surface area contributed by atoms with Crippen molar-refractivity contribution >= 4 is 27.4 Å². The van der Waals surface area contributed by atoms with Crippen LogP contribution in [0.2, 0.25) is 0 Å². The summed E-state index contributed by atoms with van der Waals surface area (Å²) in [5.74, 6) is 0.886. The van der Waals surface area contributed by atoms with Crippen LogP contribution in [-0.4, -0.2) is 9.97 Å². The SMILES string of the molecule is C[C@H](Nc1ncnc2scc(-c3ccccc3)c12)c1ccccc1. The second-order valence-electron chi connectivity index (χ2n) is 5.69. The zero-order chi connectivity index (χ0) is 16.4. The number of anilines is 1. The number of nitrogens with one attached hydrogen (secondary N) is 1. The normalized spacial score (nSPS) is 12.2. The third-order valence-corrected chi connectivity index (χ3v) is 4.99. The van der Waals surface area contributed by atoms with Crippen molar-refractivity contribution < 1.29 is 0 Å². The second kappa shape index (κ2) is 6.42. The van der Waals surface area contributed by atoms with Crippen LogP contribution in [0.25, 0.3) is 21.3 Å². The number of aromatic nitrogens is 2. The minimum atomic E-state index is 0.174. The topological polar surface area (TPSA) is 37.8 Å². The molecule has 0 aliphatic rings. The van der Waals surface area contributed by atoms with Crippen LogP contribution < -0.4 is 5.32 Å². The van der Waals surface area contributed by atoms with Crippen LogP contribution in [0.1, 0.15) is 18.5 Å². The summed E-state index contributed by atoms with van der Waals surface area (Å²) in [7, 11) is 0. The quantitative estimate of drug-likeness (QED) is 0.534. The van der Waals surface area contributed by atoms with Gasteiger partial charge in [0, 0.05) is 17.0 Å². The molecule has 4 aromatic rings. The molecule has 0 amide bonds. The summed E-state index contributed by atoms with van der Waals surface area (Å²) in [4.78, 5) is 9.96. The van der Waals surface area contributed by atoms with Crippen molar-refractivity contribution in [2.24, 2.45) is 0 Å². The third kappa shape index (κ3) is 2.76. The maximum Gasteiger partial charge on any atom is 0.139 e. The lowest BCUT2D eigenvalue weighted by Crippen LogP contribution is -2.08. The molecule has 0 aliphatic heterocycles. The second-order valence-corrected chi connectivity index (χ2v) is 6.55. The van der Waals surface area contributed by atoms with Crippen LogP contribution in [-0.2, 0) is 0 Å². The van der Waals surface area contributed by atoms with Gasteiger partial charge in [-0.25, -0.2) is 9.97 Å². The molecule has 0 unspecified atom stereocenters. The van der Waals surface area contributed by atoms with E-state index in [4.69, 9.17) is 0 Å². The molecule has 0 bridgehead atoms. The molecule has 0 radical (unpaired) electrons. The largest absolute Gasteiger partial charge is 0.363 e. The first-order valence-electron chi connectivity index (χ1n) is 7.92. The van der Waals surface area contributed by atoms with Crippen molar-refractivity contribution in [3.63, 3.8) is 0 Å². The van der Waals surface area contributed by atoms with Crippen LogP contribution in [0.5, 0.6) is 0 Å². The van der Waals surface area contributed by atoms with Gasteiger partial charge in [0.25, 0.3) is 0 Å². The molecule has 2 aromatic heterocycles. The molecular formula is C20H17N3S. The van der Waals surface area contributed by atoms with E-state index in [1.807, 2.05) is 12.1 Å². The van der Waals surface area contributed by atoms with Crippen molar-refractivity contribution in [1.29, 1.82) is 0 Å². The maximum absolute atomic E-state index is 4.52. The number of hydrogen-bond acceptors (Lipinski definition) is 4. The molecule has 1 atom stereocenters. The molecule has 4 heteroatoms. The monoisotopic (exact) mass is 331 g/mol. The predicted octanol–water partition coefficient (Wildman–Crippen LogP) is 5.53. The highest BCUT2D eigenvalue weighted by atomic mass is 32.1. The van der Waals surface area contributed by atoms with Crippen molar-refractivity contribution in [2.75, 3.05) is 5.32 Å². The van der Waals surface area contributed by atoms with Gasteiger partial charge in [-0.1, -0.05) is 60.7 Å². The van der Waals surface area contributed by atoms with Gasteiger partial charge in [0.1, 0.15) is 17.0 Å². The fourth-order valence-corrected chi connectivity index (χ4v) is 3.76. The van der Waals surface area contributed by atoms with Gasteiger partial charge in [-0.2, -0.15) is 0 Å². The van der Waals surface area contributed by atoms with Crippen molar-refractivity contribution in [2.45, 2.75) is 13.0 Å². The molecular weight excluding hydrogens is 314 g/mol. The summed E-state index contributed by atoms with van der Waals surface area (Å²) in [5.41, 5.74) is 3.61. The molecule has 118 valence electrons. The maximum atomic E-state index is 4.52. The fourth-order valence-electron chi connectivity index (χ4n) is 2.84. The van der Waals surface area contributed by atoms with E-state index in [2.05, 4.69) is 76.1 Å². The molecule has 0 saturated carbocycles. The molecule has 0 spiro atoms. The Morgan fingerprint density at radius 2 is 1.62 bits per heavy atom. The number of fused-ring (bicyclic) bond motifs is 1. The van der Waals surface area contributed by atoms with Crippen molar-refractivity contribution in [1.82, 2.24) is 9.97 Å². The van der Waals surface area contributed by atoms with E-state index in [9.17, 15) is 0 Å². The molecule has 0 fully saturated rings. The van der Waals surface area contributed by atoms with Gasteiger partial charge in [0.2, 0.25) is 0 Å². The Morgan fingerprint density at radius 1 is 0.917 bits per heavy atom. The van der Waals surface area contributed by atoms with E-state index in [1.165, 1.54) is 16.7 Å². The third-order valence-electron chi connectivity index (χ3n) is 4.11. The average Bonchev–Trinajstić information content (AvgIpc) is 3.08. The summed E-state index contributed by atoms with van der Waals surface area (Å²) in [5, 5.41) is 6.81. The van der Waals surface area contributed by atoms with Gasteiger partial charge in [-0.05, 0) is 18.1 Å². The highest BCUT2D eigenvalue weighted by Gasteiger charge is 2.15. The Morgan fingerprint density at radius 3 is 2.38 bits per heavy atom. The Balaban J connectivity index is 1.77. The van der Waals surface area contributed by atoms with Gasteiger partial charge >= 0.3 is 0 Å². The first-order chi connectivity index (χ1) is 11.8. The lowest BCUT2D eigenvalue weighted by molar-refractivity contribution is 0.876. The number of hydrogen-bond donors (Lipinski definition) is 1. The van der Waals surface area contributed by atoms with Gasteiger partial charge in [-0.15, -0.1) is 11.3 Å². The van der Waals surface area contributed by atoms with Gasteiger partial charge in [0.15, 0.2) is 0 Å². The van der Waals surface area contributed by atoms with E-state index in [1.54, 1.807) is 17.7 Å². The van der Waals surface area contributed by atoms with Crippen LogP contribution in [0.3, 0.4) is 0 Å². The Kier molecular flexibility index (Phi) is 3.97. The molecule has 3 nitrogen and oxygen atoms in total. The van der Waals surface area contributed by atoms with E-state index >= 15 is 0 Å². The standard InChI is InChI=1S/C20H17N3S/c1-14(15-8-4-2-5-9-15)23-19-18-17(16-10-6-3-7-11-16)12-24-20(18)22-13-21-19/h2-14H,1H3,(H,21,22,23)/t14-/m0/s1. The average molecular weight is 331 g/mol. The first-order valence-corrected chi connectivity index (χ1v) is 8.80. The minimum Gasteiger partial charge on any atom is -0.363 e. The molecule has 24 heavy (non-hydrogen) atoms. The lowest BCUT2D eigenvalue weighted by Gasteiger charge is -2.16. The van der Waals surface area contributed by atoms with E-state index in [0.717, 1.165) is 16.0 Å². The van der Waals surface area contributed by atoms with Crippen LogP contribution >= 0.6 is 11.3 Å². The Hall–Kier alpha value is -2.72. The minimum absolute atomic E-state index is 0.174. The number of thiophene rings is 1. The van der Waals surface area contributed by atoms with Crippen LogP contribution in [0, 0.1) is 0 Å². The van der Waals surface area contributed by atoms with Gasteiger partial charge < -0.3 is 5.32 Å². The van der Waals surface area contributed by atoms with E-state index < -0.39 is 0 Å². The summed E-state index contributed by atoms with van der Waals surface area (Å²) in [6.45, 7) is 2.15. The molecule has 2 aromatic carbocycles. The fraction of sp³-hybridized carbons (Fsp3) is 0.100. The molecule has 0 saturated heterocycles. The van der Waals surface area contributed by atoms with Crippen molar-refractivity contribution in [3.8, 4) is 11.1 Å². The van der Waals surface area contributed by atoms with Gasteiger partial charge in [-0.3, -0.25) is 0 Å². The molecule has 1 N–H and O–H groups in total. The highest BCUT2D eigenvalue weighted by molar-refractivity contribution is 7.17. The van der Waals surface area contributed by atoms with Gasteiger partial charge in [0.05, 0.1) is 5.39 Å². The highest BCUT2D eigenvalue weighted by Crippen LogP contribution is 2.37. The van der Waals surface area contributed by atoms with Crippen LogP contribution in [0.4, 0.5) is 5.82 Å². The molecule has 0 aliphatic carbocycles. The van der Waals surface area contributed by atoms with E-state index in [0.29, 0.717) is 0 Å². The zero-order valence-corrected chi connectivity index (χ0v) is 14.1. The number of nitrogens with zero attached hydrogens (tertiary/aromatic N) is 2. The summed E-state index contributed by atoms with van der Waals surface area (Å²) >= 11 is 1.65. The summed E-state index contributed by atoms with van der Waals surface area (Å²) in [6.07, 6.45) is 1.63. The first kappa shape index (κ1) is 14.8. The summed E-state index contributed by atoms with van der Waals surface area (Å²) in [6, 6.07) is 21.0. The van der Waals surface area contributed by atoms with Crippen LogP contribution in [0.15, 0.2) is 72.4 Å². The van der Waals surface area contributed by atoms with E-state index in [-0.39, 0.29) is 6.04 Å². The summed E-state index contributed by atoms with van der Waals surface area (Å²) < 4.78 is 0. The smallest absolute Gasteiger partial charge is 0.139 e. The number of rotatable bonds is 4. The zero-order valence-electron chi connectivity index (χ0n) is 13.3. The lowest BCUT2D eigenvalue weighted by atomic mass is 10.1. The van der Waals surface area contributed by atoms with Crippen molar-refractivity contribution in [3.05, 3.63) is 77.9 Å². The Labute approximate surface area is 145 Å². The molecule has 2 heterocycles. The Bertz CT molecular complexity index is 948. The molecule has 4 rings (SSSR count). The number of benzene rings is 2. The predicted molar refractivity (Wildman–Crippen MR) is 101 cm³/mol.